The van der Waals surface area contributed by atoms with E-state index >= 15 is 0 Å². The van der Waals surface area contributed by atoms with Crippen LogP contribution in [0.15, 0.2) is 60.9 Å². The highest BCUT2D eigenvalue weighted by atomic mass is 35.5. The minimum Gasteiger partial charge on any atom is -0.508 e. The van der Waals surface area contributed by atoms with E-state index in [-0.39, 0.29) is 5.75 Å². The van der Waals surface area contributed by atoms with Gasteiger partial charge in [-0.05, 0) is 29.8 Å². The minimum absolute atomic E-state index is 0.273. The average molecular weight is 347 g/mol. The van der Waals surface area contributed by atoms with Crippen molar-refractivity contribution in [3.05, 3.63) is 65.9 Å². The molecule has 0 atom stereocenters. The highest BCUT2D eigenvalue weighted by molar-refractivity contribution is 6.34. The average Bonchev–Trinajstić information content (AvgIpc) is 3.19. The van der Waals surface area contributed by atoms with Crippen molar-refractivity contribution in [2.75, 3.05) is 0 Å². The first-order chi connectivity index (χ1) is 12.1. The van der Waals surface area contributed by atoms with Gasteiger partial charge in [0.15, 0.2) is 0 Å². The third-order valence-corrected chi connectivity index (χ3v) is 5.31. The number of fused-ring (bicyclic) bond motifs is 5. The molecule has 2 aromatic heterocycles. The summed E-state index contributed by atoms with van der Waals surface area (Å²) in [7, 11) is 2.03. The maximum absolute atomic E-state index is 9.89. The second kappa shape index (κ2) is 5.04. The molecule has 3 aromatic carbocycles. The molecule has 0 saturated heterocycles. The number of H-pyrrole nitrogens is 1. The molecule has 0 amide bonds. The zero-order chi connectivity index (χ0) is 17.1. The summed E-state index contributed by atoms with van der Waals surface area (Å²) >= 11 is 6.47. The summed E-state index contributed by atoms with van der Waals surface area (Å²) < 4.78 is 2.12. The second-order valence-corrected chi connectivity index (χ2v) is 6.75. The lowest BCUT2D eigenvalue weighted by atomic mass is 9.97. The van der Waals surface area contributed by atoms with Crippen molar-refractivity contribution in [3.8, 4) is 16.9 Å². The van der Waals surface area contributed by atoms with Gasteiger partial charge in [-0.2, -0.15) is 0 Å². The van der Waals surface area contributed by atoms with Gasteiger partial charge in [0.2, 0.25) is 0 Å². The lowest BCUT2D eigenvalue weighted by Gasteiger charge is -2.08. The maximum Gasteiger partial charge on any atom is 0.117 e. The zero-order valence-electron chi connectivity index (χ0n) is 13.5. The largest absolute Gasteiger partial charge is 0.508 e. The van der Waals surface area contributed by atoms with E-state index in [2.05, 4.69) is 15.6 Å². The molecule has 0 bridgehead atoms. The molecule has 5 rings (SSSR count). The van der Waals surface area contributed by atoms with E-state index in [1.165, 1.54) is 5.39 Å². The Balaban J connectivity index is 2.02. The van der Waals surface area contributed by atoms with Crippen LogP contribution in [0.5, 0.6) is 5.75 Å². The molecule has 0 radical (unpaired) electrons. The molecule has 2 heterocycles. The van der Waals surface area contributed by atoms with Crippen molar-refractivity contribution in [2.24, 2.45) is 7.05 Å². The van der Waals surface area contributed by atoms with Crippen LogP contribution in [-0.2, 0) is 7.05 Å². The highest BCUT2D eigenvalue weighted by Gasteiger charge is 2.17. The van der Waals surface area contributed by atoms with Gasteiger partial charge >= 0.3 is 0 Å². The standard InChI is InChI=1S/C21H15ClN2O/c1-24-19-8-12(25)6-7-14(19)21-17-11-23-10-16(17)15(9-20(21)24)13-4-2-3-5-18(13)22/h2-11,23,25H,1H3. The third-order valence-electron chi connectivity index (χ3n) is 4.98. The first-order valence-corrected chi connectivity index (χ1v) is 8.48. The first-order valence-electron chi connectivity index (χ1n) is 8.10. The summed E-state index contributed by atoms with van der Waals surface area (Å²) in [6.45, 7) is 0. The number of phenolic OH excluding ortho intramolecular Hbond substituents is 1. The lowest BCUT2D eigenvalue weighted by molar-refractivity contribution is 0.476. The number of nitrogens with zero attached hydrogens (tertiary/aromatic N) is 1. The second-order valence-electron chi connectivity index (χ2n) is 6.34. The Bertz CT molecular complexity index is 1280. The fraction of sp³-hybridized carbons (Fsp3) is 0.0476. The molecule has 2 N–H and O–H groups in total. The summed E-state index contributed by atoms with van der Waals surface area (Å²) in [5, 5.41) is 15.2. The fourth-order valence-corrected chi connectivity index (χ4v) is 4.04. The number of benzene rings is 3. The normalized spacial score (nSPS) is 11.8. The first kappa shape index (κ1) is 14.4. The van der Waals surface area contributed by atoms with Crippen LogP contribution in [0.25, 0.3) is 43.7 Å². The van der Waals surface area contributed by atoms with Gasteiger partial charge in [0.1, 0.15) is 5.75 Å². The van der Waals surface area contributed by atoms with Crippen LogP contribution >= 0.6 is 11.6 Å². The van der Waals surface area contributed by atoms with Crippen LogP contribution in [0.3, 0.4) is 0 Å². The number of aromatic hydroxyl groups is 1. The topological polar surface area (TPSA) is 41.0 Å². The van der Waals surface area contributed by atoms with Crippen LogP contribution < -0.4 is 0 Å². The number of phenols is 1. The molecule has 25 heavy (non-hydrogen) atoms. The number of hydrogen-bond donors (Lipinski definition) is 2. The van der Waals surface area contributed by atoms with Crippen molar-refractivity contribution < 1.29 is 5.11 Å². The van der Waals surface area contributed by atoms with Gasteiger partial charge < -0.3 is 14.7 Å². The fourth-order valence-electron chi connectivity index (χ4n) is 3.81. The molecule has 0 unspecified atom stereocenters. The number of halogens is 1. The van der Waals surface area contributed by atoms with Crippen LogP contribution in [0.2, 0.25) is 5.02 Å². The van der Waals surface area contributed by atoms with Gasteiger partial charge in [0.05, 0.1) is 11.0 Å². The molecule has 0 fully saturated rings. The third kappa shape index (κ3) is 1.93. The maximum atomic E-state index is 9.89. The van der Waals surface area contributed by atoms with Gasteiger partial charge in [-0.15, -0.1) is 0 Å². The molecule has 3 nitrogen and oxygen atoms in total. The molecule has 0 aliphatic rings. The van der Waals surface area contributed by atoms with E-state index < -0.39 is 0 Å². The van der Waals surface area contributed by atoms with Crippen molar-refractivity contribution in [1.82, 2.24) is 9.55 Å². The molecule has 0 aliphatic heterocycles. The van der Waals surface area contributed by atoms with Gasteiger partial charge in [-0.1, -0.05) is 29.8 Å². The minimum atomic E-state index is 0.273. The Labute approximate surface area is 149 Å². The zero-order valence-corrected chi connectivity index (χ0v) is 14.3. The Morgan fingerprint density at radius 2 is 1.68 bits per heavy atom. The van der Waals surface area contributed by atoms with Crippen LogP contribution in [0.4, 0.5) is 0 Å². The summed E-state index contributed by atoms with van der Waals surface area (Å²) in [5.41, 5.74) is 4.24. The predicted octanol–water partition coefficient (Wildman–Crippen LogP) is 5.84. The van der Waals surface area contributed by atoms with E-state index in [0.717, 1.165) is 43.3 Å². The Hall–Kier alpha value is -2.91. The van der Waals surface area contributed by atoms with Crippen molar-refractivity contribution in [2.45, 2.75) is 0 Å². The summed E-state index contributed by atoms with van der Waals surface area (Å²) in [4.78, 5) is 3.24. The molecule has 5 aromatic rings. The molecular formula is C21H15ClN2O. The van der Waals surface area contributed by atoms with E-state index in [1.807, 2.05) is 55.8 Å². The lowest BCUT2D eigenvalue weighted by Crippen LogP contribution is -1.88. The van der Waals surface area contributed by atoms with Crippen LogP contribution in [-0.4, -0.2) is 14.7 Å². The van der Waals surface area contributed by atoms with Gasteiger partial charge in [-0.25, -0.2) is 0 Å². The van der Waals surface area contributed by atoms with Crippen molar-refractivity contribution in [1.29, 1.82) is 0 Å². The van der Waals surface area contributed by atoms with Crippen LogP contribution in [0, 0.1) is 0 Å². The number of aryl methyl sites for hydroxylation is 1. The number of rotatable bonds is 1. The summed E-state index contributed by atoms with van der Waals surface area (Å²) in [6.07, 6.45) is 4.05. The Morgan fingerprint density at radius 3 is 2.52 bits per heavy atom. The molecule has 122 valence electrons. The van der Waals surface area contributed by atoms with E-state index in [1.54, 1.807) is 6.07 Å². The van der Waals surface area contributed by atoms with Gasteiger partial charge in [-0.3, -0.25) is 0 Å². The quantitative estimate of drug-likeness (QED) is 0.393. The number of nitrogens with one attached hydrogen (secondary N) is 1. The summed E-state index contributed by atoms with van der Waals surface area (Å²) in [5.74, 6) is 0.273. The van der Waals surface area contributed by atoms with Crippen molar-refractivity contribution >= 4 is 44.2 Å². The highest BCUT2D eigenvalue weighted by Crippen LogP contribution is 2.41. The number of aromatic amines is 1. The van der Waals surface area contributed by atoms with Crippen molar-refractivity contribution in [3.63, 3.8) is 0 Å². The number of hydrogen-bond acceptors (Lipinski definition) is 1. The van der Waals surface area contributed by atoms with Gasteiger partial charge in [0, 0.05) is 57.6 Å². The molecule has 4 heteroatoms. The summed E-state index contributed by atoms with van der Waals surface area (Å²) in [6, 6.07) is 15.6. The van der Waals surface area contributed by atoms with E-state index in [0.29, 0.717) is 0 Å². The molecule has 0 spiro atoms. The SMILES string of the molecule is Cn1c2cc(O)ccc2c2c3c[nH]cc3c(-c3ccccc3Cl)cc21. The monoisotopic (exact) mass is 346 g/mol. The molecular weight excluding hydrogens is 332 g/mol. The predicted molar refractivity (Wildman–Crippen MR) is 104 cm³/mol. The van der Waals surface area contributed by atoms with E-state index in [9.17, 15) is 5.11 Å². The molecule has 0 aliphatic carbocycles. The van der Waals surface area contributed by atoms with E-state index in [4.69, 9.17) is 11.6 Å². The Kier molecular flexibility index (Phi) is 2.91. The molecule has 0 saturated carbocycles. The smallest absolute Gasteiger partial charge is 0.117 e. The number of aromatic nitrogens is 2. The van der Waals surface area contributed by atoms with Crippen LogP contribution in [0.1, 0.15) is 0 Å². The van der Waals surface area contributed by atoms with Gasteiger partial charge in [0.25, 0.3) is 0 Å². The Morgan fingerprint density at radius 1 is 0.880 bits per heavy atom.